The van der Waals surface area contributed by atoms with Gasteiger partial charge in [-0.15, -0.1) is 0 Å². The predicted octanol–water partition coefficient (Wildman–Crippen LogP) is 5.42. The topological polar surface area (TPSA) is 33.0 Å². The molecule has 0 aromatic heterocycles. The minimum Gasteiger partial charge on any atom is -0.493 e. The van der Waals surface area contributed by atoms with Gasteiger partial charge in [-0.1, -0.05) is 35.9 Å². The zero-order chi connectivity index (χ0) is 15.9. The van der Waals surface area contributed by atoms with Crippen LogP contribution in [-0.2, 0) is 0 Å². The Morgan fingerprint density at radius 2 is 1.86 bits per heavy atom. The number of benzene rings is 2. The van der Waals surface area contributed by atoms with Crippen molar-refractivity contribution in [2.24, 2.45) is 0 Å². The number of hydrogen-bond donors (Lipinski definition) is 0. The molecular weight excluding hydrogens is 294 g/mol. The van der Waals surface area contributed by atoms with E-state index in [9.17, 15) is 5.26 Å². The summed E-state index contributed by atoms with van der Waals surface area (Å²) in [6.45, 7) is 4.76. The fraction of sp³-hybridized carbons (Fsp3) is 0.316. The summed E-state index contributed by atoms with van der Waals surface area (Å²) >= 11 is 5.88. The van der Waals surface area contributed by atoms with Crippen molar-refractivity contribution in [2.45, 2.75) is 32.6 Å². The van der Waals surface area contributed by atoms with E-state index in [1.165, 1.54) is 11.1 Å². The standard InChI is InChI=1S/C19H20ClNO/c1-14-5-3-7-19(15(14)2)22-12-4-6-17(13-21)16-8-10-18(20)11-9-16/h3,5,7-11,17H,4,6,12H2,1-2H3. The summed E-state index contributed by atoms with van der Waals surface area (Å²) in [5.74, 6) is 0.819. The molecule has 0 aliphatic rings. The number of nitriles is 1. The van der Waals surface area contributed by atoms with Crippen molar-refractivity contribution < 1.29 is 4.74 Å². The van der Waals surface area contributed by atoms with Crippen LogP contribution in [0.15, 0.2) is 42.5 Å². The molecule has 0 radical (unpaired) electrons. The Morgan fingerprint density at radius 3 is 2.55 bits per heavy atom. The lowest BCUT2D eigenvalue weighted by Crippen LogP contribution is -2.03. The molecule has 114 valence electrons. The largest absolute Gasteiger partial charge is 0.493 e. The Balaban J connectivity index is 1.86. The van der Waals surface area contributed by atoms with E-state index in [1.54, 1.807) is 0 Å². The van der Waals surface area contributed by atoms with E-state index in [0.29, 0.717) is 11.6 Å². The molecule has 2 aromatic rings. The number of rotatable bonds is 6. The van der Waals surface area contributed by atoms with Crippen molar-refractivity contribution >= 4 is 11.6 Å². The number of aryl methyl sites for hydroxylation is 1. The van der Waals surface area contributed by atoms with Gasteiger partial charge >= 0.3 is 0 Å². The zero-order valence-corrected chi connectivity index (χ0v) is 13.7. The molecule has 0 amide bonds. The van der Waals surface area contributed by atoms with E-state index in [4.69, 9.17) is 16.3 Å². The van der Waals surface area contributed by atoms with E-state index in [-0.39, 0.29) is 5.92 Å². The van der Waals surface area contributed by atoms with Gasteiger partial charge in [-0.25, -0.2) is 0 Å². The van der Waals surface area contributed by atoms with Crippen molar-refractivity contribution in [3.8, 4) is 11.8 Å². The predicted molar refractivity (Wildman–Crippen MR) is 90.5 cm³/mol. The van der Waals surface area contributed by atoms with Gasteiger partial charge in [0.2, 0.25) is 0 Å². The highest BCUT2D eigenvalue weighted by molar-refractivity contribution is 6.30. The van der Waals surface area contributed by atoms with E-state index in [2.05, 4.69) is 26.0 Å². The molecular formula is C19H20ClNO. The number of hydrogen-bond acceptors (Lipinski definition) is 2. The molecule has 2 rings (SSSR count). The second-order valence-corrected chi connectivity index (χ2v) is 5.86. The van der Waals surface area contributed by atoms with Crippen molar-refractivity contribution in [3.63, 3.8) is 0 Å². The highest BCUT2D eigenvalue weighted by Crippen LogP contribution is 2.24. The maximum absolute atomic E-state index is 9.32. The first kappa shape index (κ1) is 16.4. The zero-order valence-electron chi connectivity index (χ0n) is 13.0. The molecule has 2 aromatic carbocycles. The van der Waals surface area contributed by atoms with Gasteiger partial charge in [-0.2, -0.15) is 5.26 Å². The maximum atomic E-state index is 9.32. The molecule has 0 fully saturated rings. The van der Waals surface area contributed by atoms with Crippen LogP contribution in [0.4, 0.5) is 0 Å². The first-order chi connectivity index (χ1) is 10.6. The van der Waals surface area contributed by atoms with Gasteiger partial charge < -0.3 is 4.74 Å². The van der Waals surface area contributed by atoms with Crippen LogP contribution in [0.3, 0.4) is 0 Å². The van der Waals surface area contributed by atoms with E-state index in [0.717, 1.165) is 24.2 Å². The van der Waals surface area contributed by atoms with Crippen molar-refractivity contribution in [3.05, 3.63) is 64.2 Å². The third kappa shape index (κ3) is 4.26. The SMILES string of the molecule is Cc1cccc(OCCCC(C#N)c2ccc(Cl)cc2)c1C. The molecule has 22 heavy (non-hydrogen) atoms. The lowest BCUT2D eigenvalue weighted by atomic mass is 9.96. The van der Waals surface area contributed by atoms with Crippen LogP contribution in [0, 0.1) is 25.2 Å². The third-order valence-corrected chi connectivity index (χ3v) is 4.13. The first-order valence-corrected chi connectivity index (χ1v) is 7.83. The smallest absolute Gasteiger partial charge is 0.122 e. The van der Waals surface area contributed by atoms with Crippen LogP contribution >= 0.6 is 11.6 Å². The van der Waals surface area contributed by atoms with Crippen molar-refractivity contribution in [2.75, 3.05) is 6.61 Å². The number of ether oxygens (including phenoxy) is 1. The molecule has 2 nitrogen and oxygen atoms in total. The first-order valence-electron chi connectivity index (χ1n) is 7.46. The summed E-state index contributed by atoms with van der Waals surface area (Å²) in [6, 6.07) is 15.9. The van der Waals surface area contributed by atoms with Crippen molar-refractivity contribution in [1.82, 2.24) is 0 Å². The fourth-order valence-corrected chi connectivity index (χ4v) is 2.48. The average Bonchev–Trinajstić information content (AvgIpc) is 2.52. The van der Waals surface area contributed by atoms with E-state index < -0.39 is 0 Å². The molecule has 1 unspecified atom stereocenters. The lowest BCUT2D eigenvalue weighted by Gasteiger charge is -2.12. The van der Waals surface area contributed by atoms with Gasteiger partial charge in [0.1, 0.15) is 5.75 Å². The Kier molecular flexibility index (Phi) is 5.86. The van der Waals surface area contributed by atoms with Gasteiger partial charge in [0, 0.05) is 5.02 Å². The van der Waals surface area contributed by atoms with Crippen molar-refractivity contribution in [1.29, 1.82) is 5.26 Å². The van der Waals surface area contributed by atoms with Crippen LogP contribution in [0.1, 0.15) is 35.4 Å². The Hall–Kier alpha value is -1.98. The second-order valence-electron chi connectivity index (χ2n) is 5.42. The molecule has 0 aliphatic heterocycles. The highest BCUT2D eigenvalue weighted by Gasteiger charge is 2.10. The van der Waals surface area contributed by atoms with Gasteiger partial charge in [0.15, 0.2) is 0 Å². The number of halogens is 1. The summed E-state index contributed by atoms with van der Waals surface area (Å²) in [6.07, 6.45) is 1.62. The van der Waals surface area contributed by atoms with Crippen LogP contribution in [0.25, 0.3) is 0 Å². The summed E-state index contributed by atoms with van der Waals surface area (Å²) < 4.78 is 5.84. The van der Waals surface area contributed by atoms with Crippen LogP contribution in [-0.4, -0.2) is 6.61 Å². The van der Waals surface area contributed by atoms with Gasteiger partial charge in [0.05, 0.1) is 18.6 Å². The van der Waals surface area contributed by atoms with Crippen LogP contribution < -0.4 is 4.74 Å². The lowest BCUT2D eigenvalue weighted by molar-refractivity contribution is 0.303. The Morgan fingerprint density at radius 1 is 1.14 bits per heavy atom. The summed E-state index contributed by atoms with van der Waals surface area (Å²) in [5, 5.41) is 10.0. The van der Waals surface area contributed by atoms with E-state index >= 15 is 0 Å². The summed E-state index contributed by atoms with van der Waals surface area (Å²) in [7, 11) is 0. The number of nitrogens with zero attached hydrogens (tertiary/aromatic N) is 1. The minimum absolute atomic E-state index is 0.112. The maximum Gasteiger partial charge on any atom is 0.122 e. The fourth-order valence-electron chi connectivity index (χ4n) is 2.35. The molecule has 0 saturated heterocycles. The second kappa shape index (κ2) is 7.87. The molecule has 0 heterocycles. The van der Waals surface area contributed by atoms with E-state index in [1.807, 2.05) is 36.4 Å². The molecule has 0 N–H and O–H groups in total. The molecule has 0 aliphatic carbocycles. The quantitative estimate of drug-likeness (QED) is 0.667. The molecule has 0 spiro atoms. The minimum atomic E-state index is -0.112. The molecule has 0 saturated carbocycles. The van der Waals surface area contributed by atoms with Gasteiger partial charge in [0.25, 0.3) is 0 Å². The average molecular weight is 314 g/mol. The van der Waals surface area contributed by atoms with Gasteiger partial charge in [-0.3, -0.25) is 0 Å². The monoisotopic (exact) mass is 313 g/mol. The molecule has 1 atom stereocenters. The van der Waals surface area contributed by atoms with Crippen LogP contribution in [0.2, 0.25) is 5.02 Å². The molecule has 0 bridgehead atoms. The molecule has 3 heteroatoms. The Bertz CT molecular complexity index is 658. The summed E-state index contributed by atoms with van der Waals surface area (Å²) in [4.78, 5) is 0. The highest BCUT2D eigenvalue weighted by atomic mass is 35.5. The Labute approximate surface area is 137 Å². The van der Waals surface area contributed by atoms with Gasteiger partial charge in [-0.05, 0) is 61.6 Å². The summed E-state index contributed by atoms with van der Waals surface area (Å²) in [5.41, 5.74) is 3.42. The normalized spacial score (nSPS) is 11.7. The third-order valence-electron chi connectivity index (χ3n) is 3.88. The van der Waals surface area contributed by atoms with Crippen LogP contribution in [0.5, 0.6) is 5.75 Å².